The van der Waals surface area contributed by atoms with Gasteiger partial charge in [0.15, 0.2) is 11.6 Å². The summed E-state index contributed by atoms with van der Waals surface area (Å²) < 4.78 is 21.5. The van der Waals surface area contributed by atoms with Gasteiger partial charge in [-0.15, -0.1) is 0 Å². The summed E-state index contributed by atoms with van der Waals surface area (Å²) in [6, 6.07) is 14.2. The van der Waals surface area contributed by atoms with E-state index in [1.54, 1.807) is 102 Å². The van der Waals surface area contributed by atoms with Crippen molar-refractivity contribution in [3.8, 4) is 11.5 Å². The van der Waals surface area contributed by atoms with Crippen molar-refractivity contribution in [3.63, 3.8) is 0 Å². The summed E-state index contributed by atoms with van der Waals surface area (Å²) in [4.78, 5) is 47.7. The first kappa shape index (κ1) is 34.6. The molecule has 10 heteroatoms. The van der Waals surface area contributed by atoms with Crippen LogP contribution in [0.15, 0.2) is 60.7 Å². The number of rotatable bonds is 14. The van der Waals surface area contributed by atoms with E-state index in [1.165, 1.54) is 12.2 Å². The molecule has 43 heavy (non-hydrogen) atoms. The zero-order chi connectivity index (χ0) is 31.9. The smallest absolute Gasteiger partial charge is 0.407 e. The van der Waals surface area contributed by atoms with Crippen LogP contribution in [0.4, 0.5) is 9.59 Å². The van der Waals surface area contributed by atoms with Crippen molar-refractivity contribution in [2.24, 2.45) is 0 Å². The monoisotopic (exact) mass is 594 g/mol. The maximum atomic E-state index is 12.2. The SMILES string of the molecule is CC(C)(C)OC(=O)NCCOc1ccc(/C=C/C(=O)CC(=O)/C=C/c2ccc(OCCNC(=O)OC(C)(C)C)cc2)cc1. The molecule has 0 saturated heterocycles. The van der Waals surface area contributed by atoms with Crippen molar-refractivity contribution < 1.29 is 38.1 Å². The number of alkyl carbamates (subject to hydrolysis) is 2. The first-order valence-corrected chi connectivity index (χ1v) is 14.0. The van der Waals surface area contributed by atoms with Crippen LogP contribution in [-0.2, 0) is 19.1 Å². The fourth-order valence-corrected chi connectivity index (χ4v) is 3.29. The van der Waals surface area contributed by atoms with E-state index in [4.69, 9.17) is 18.9 Å². The molecule has 0 aliphatic heterocycles. The Morgan fingerprint density at radius 2 is 0.953 bits per heavy atom. The normalized spacial score (nSPS) is 11.7. The Morgan fingerprint density at radius 3 is 1.28 bits per heavy atom. The van der Waals surface area contributed by atoms with Gasteiger partial charge in [-0.25, -0.2) is 9.59 Å². The zero-order valence-electron chi connectivity index (χ0n) is 25.7. The van der Waals surface area contributed by atoms with Gasteiger partial charge >= 0.3 is 12.2 Å². The van der Waals surface area contributed by atoms with Gasteiger partial charge in [0.1, 0.15) is 35.9 Å². The molecule has 0 aliphatic rings. The van der Waals surface area contributed by atoms with Crippen LogP contribution in [0.25, 0.3) is 12.2 Å². The number of hydrogen-bond acceptors (Lipinski definition) is 8. The standard InChI is InChI=1S/C33H42N2O8/c1-32(2,3)42-30(38)34-19-21-40-28-15-9-24(10-16-28)7-13-26(36)23-27(37)14-8-25-11-17-29(18-12-25)41-22-20-35-31(39)43-33(4,5)6/h7-18H,19-23H2,1-6H3,(H,34,38)(H,35,39)/b13-7+,14-8+. The molecule has 232 valence electrons. The van der Waals surface area contributed by atoms with E-state index in [2.05, 4.69) is 10.6 Å². The van der Waals surface area contributed by atoms with E-state index in [1.807, 2.05) is 0 Å². The van der Waals surface area contributed by atoms with Crippen LogP contribution < -0.4 is 20.1 Å². The predicted octanol–water partition coefficient (Wildman–Crippen LogP) is 5.75. The molecule has 2 N–H and O–H groups in total. The topological polar surface area (TPSA) is 129 Å². The van der Waals surface area contributed by atoms with Gasteiger partial charge in [-0.05, 0) is 89.1 Å². The van der Waals surface area contributed by atoms with Gasteiger partial charge in [0.25, 0.3) is 0 Å². The quantitative estimate of drug-likeness (QED) is 0.161. The second kappa shape index (κ2) is 16.7. The number of carbonyl (C=O) groups excluding carboxylic acids is 4. The molecule has 0 aromatic heterocycles. The number of benzene rings is 2. The van der Waals surface area contributed by atoms with Crippen molar-refractivity contribution >= 4 is 35.9 Å². The second-order valence-corrected chi connectivity index (χ2v) is 11.5. The zero-order valence-corrected chi connectivity index (χ0v) is 25.7. The molecule has 0 unspecified atom stereocenters. The lowest BCUT2D eigenvalue weighted by atomic mass is 10.1. The molecule has 2 aromatic rings. The van der Waals surface area contributed by atoms with E-state index >= 15 is 0 Å². The molecule has 10 nitrogen and oxygen atoms in total. The Hall–Kier alpha value is -4.60. The summed E-state index contributed by atoms with van der Waals surface area (Å²) in [5, 5.41) is 5.24. The van der Waals surface area contributed by atoms with Crippen LogP contribution in [0.1, 0.15) is 59.1 Å². The average Bonchev–Trinajstić information content (AvgIpc) is 2.90. The van der Waals surface area contributed by atoms with Crippen LogP contribution in [-0.4, -0.2) is 61.3 Å². The first-order chi connectivity index (χ1) is 20.2. The van der Waals surface area contributed by atoms with E-state index in [0.29, 0.717) is 24.6 Å². The van der Waals surface area contributed by atoms with Crippen molar-refractivity contribution in [1.82, 2.24) is 10.6 Å². The Balaban J connectivity index is 1.68. The summed E-state index contributed by atoms with van der Waals surface area (Å²) in [6.07, 6.45) is 4.76. The summed E-state index contributed by atoms with van der Waals surface area (Å²) >= 11 is 0. The molecule has 0 fully saturated rings. The predicted molar refractivity (Wildman–Crippen MR) is 165 cm³/mol. The largest absolute Gasteiger partial charge is 0.492 e. The minimum atomic E-state index is -0.559. The maximum absolute atomic E-state index is 12.2. The molecule has 0 bridgehead atoms. The molecule has 0 saturated carbocycles. The van der Waals surface area contributed by atoms with E-state index < -0.39 is 23.4 Å². The second-order valence-electron chi connectivity index (χ2n) is 11.5. The summed E-state index contributed by atoms with van der Waals surface area (Å²) in [5.74, 6) is 0.605. The minimum Gasteiger partial charge on any atom is -0.492 e. The van der Waals surface area contributed by atoms with Crippen molar-refractivity contribution in [1.29, 1.82) is 0 Å². The van der Waals surface area contributed by atoms with E-state index in [-0.39, 0.29) is 31.2 Å². The van der Waals surface area contributed by atoms with Crippen LogP contribution in [0.2, 0.25) is 0 Å². The number of hydrogen-bond donors (Lipinski definition) is 2. The summed E-state index contributed by atoms with van der Waals surface area (Å²) in [7, 11) is 0. The maximum Gasteiger partial charge on any atom is 0.407 e. The Kier molecular flexibility index (Phi) is 13.5. The minimum absolute atomic E-state index is 0.245. The number of ether oxygens (including phenoxy) is 4. The molecule has 0 heterocycles. The fourth-order valence-electron chi connectivity index (χ4n) is 3.29. The van der Waals surface area contributed by atoms with E-state index in [0.717, 1.165) is 11.1 Å². The Labute approximate surface area is 253 Å². The van der Waals surface area contributed by atoms with E-state index in [9.17, 15) is 19.2 Å². The highest BCUT2D eigenvalue weighted by Crippen LogP contribution is 2.15. The lowest BCUT2D eigenvalue weighted by molar-refractivity contribution is -0.121. The highest BCUT2D eigenvalue weighted by molar-refractivity contribution is 6.10. The number of carbonyl (C=O) groups is 4. The van der Waals surface area contributed by atoms with Crippen LogP contribution >= 0.6 is 0 Å². The third-order valence-electron chi connectivity index (χ3n) is 5.11. The molecule has 0 aliphatic carbocycles. The Morgan fingerprint density at radius 1 is 0.605 bits per heavy atom. The van der Waals surface area contributed by atoms with Crippen molar-refractivity contribution in [3.05, 3.63) is 71.8 Å². The Bertz CT molecular complexity index is 1170. The lowest BCUT2D eigenvalue weighted by Crippen LogP contribution is -2.34. The van der Waals surface area contributed by atoms with Crippen molar-refractivity contribution in [2.45, 2.75) is 59.2 Å². The first-order valence-electron chi connectivity index (χ1n) is 14.0. The van der Waals surface area contributed by atoms with Crippen LogP contribution in [0, 0.1) is 0 Å². The number of allylic oxidation sites excluding steroid dienone is 2. The highest BCUT2D eigenvalue weighted by Gasteiger charge is 2.16. The van der Waals surface area contributed by atoms with Gasteiger partial charge in [0.05, 0.1) is 19.5 Å². The van der Waals surface area contributed by atoms with Crippen LogP contribution in [0.5, 0.6) is 11.5 Å². The average molecular weight is 595 g/mol. The molecule has 0 radical (unpaired) electrons. The summed E-state index contributed by atoms with van der Waals surface area (Å²) in [6.45, 7) is 11.9. The third-order valence-corrected chi connectivity index (χ3v) is 5.11. The van der Waals surface area contributed by atoms with Gasteiger partial charge in [-0.2, -0.15) is 0 Å². The molecule has 2 aromatic carbocycles. The van der Waals surface area contributed by atoms with Gasteiger partial charge in [0.2, 0.25) is 0 Å². The lowest BCUT2D eigenvalue weighted by Gasteiger charge is -2.19. The van der Waals surface area contributed by atoms with Gasteiger partial charge in [-0.3, -0.25) is 9.59 Å². The number of amides is 2. The number of ketones is 2. The van der Waals surface area contributed by atoms with Gasteiger partial charge in [0, 0.05) is 0 Å². The molecular weight excluding hydrogens is 552 g/mol. The van der Waals surface area contributed by atoms with Gasteiger partial charge in [-0.1, -0.05) is 36.4 Å². The summed E-state index contributed by atoms with van der Waals surface area (Å²) in [5.41, 5.74) is 0.434. The molecule has 0 spiro atoms. The van der Waals surface area contributed by atoms with Crippen molar-refractivity contribution in [2.75, 3.05) is 26.3 Å². The molecule has 2 amide bonds. The molecular formula is C33H42N2O8. The molecule has 2 rings (SSSR count). The third kappa shape index (κ3) is 16.4. The van der Waals surface area contributed by atoms with Crippen LogP contribution in [0.3, 0.4) is 0 Å². The van der Waals surface area contributed by atoms with Gasteiger partial charge < -0.3 is 29.6 Å². The molecule has 0 atom stereocenters. The fraction of sp³-hybridized carbons (Fsp3) is 0.394. The number of nitrogens with one attached hydrogen (secondary N) is 2. The highest BCUT2D eigenvalue weighted by atomic mass is 16.6.